The summed E-state index contributed by atoms with van der Waals surface area (Å²) in [5, 5.41) is 48.6. The highest BCUT2D eigenvalue weighted by Gasteiger charge is 2.75. The number of benzene rings is 3. The largest absolute Gasteiger partial charge is 0.455 e. The molecule has 1 aliphatic heterocycles. The molecule has 3 aliphatic carbocycles. The van der Waals surface area contributed by atoms with Crippen molar-refractivity contribution in [2.45, 2.75) is 192 Å². The number of ketones is 2. The second-order valence-electron chi connectivity index (χ2n) is 27.3. The molecule has 3 aromatic rings. The quantitative estimate of drug-likeness (QED) is 0.0156. The first-order valence-corrected chi connectivity index (χ1v) is 32.1. The molecule has 26 heteroatoms. The molecule has 2 bridgehead atoms. The van der Waals surface area contributed by atoms with Crippen LogP contribution in [0.3, 0.4) is 0 Å². The Labute approximate surface area is 556 Å². The summed E-state index contributed by atoms with van der Waals surface area (Å²) in [5.41, 5.74) is 4.11. The smallest absolute Gasteiger partial charge is 0.408 e. The third-order valence-electron chi connectivity index (χ3n) is 19.1. The predicted molar refractivity (Wildman–Crippen MR) is 343 cm³/mol. The van der Waals surface area contributed by atoms with Crippen LogP contribution in [0.5, 0.6) is 0 Å². The molecule has 2 saturated carbocycles. The lowest BCUT2D eigenvalue weighted by Gasteiger charge is -2.68. The van der Waals surface area contributed by atoms with Crippen LogP contribution in [0.2, 0.25) is 0 Å². The Hall–Kier alpha value is -8.72. The summed E-state index contributed by atoms with van der Waals surface area (Å²) in [5.74, 6) is -11.1. The van der Waals surface area contributed by atoms with Gasteiger partial charge in [-0.2, -0.15) is 0 Å². The molecule has 96 heavy (non-hydrogen) atoms. The van der Waals surface area contributed by atoms with Gasteiger partial charge in [0.25, 0.3) is 0 Å². The van der Waals surface area contributed by atoms with Crippen LogP contribution in [0.25, 0.3) is 6.08 Å². The van der Waals surface area contributed by atoms with Crippen LogP contribution in [0.4, 0.5) is 9.18 Å². The van der Waals surface area contributed by atoms with Crippen molar-refractivity contribution in [1.29, 1.82) is 0 Å². The van der Waals surface area contributed by atoms with Gasteiger partial charge in [-0.25, -0.2) is 18.8 Å². The van der Waals surface area contributed by atoms with Crippen molar-refractivity contribution < 1.29 is 96.1 Å². The summed E-state index contributed by atoms with van der Waals surface area (Å²) >= 11 is 0. The van der Waals surface area contributed by atoms with E-state index >= 15 is 9.59 Å². The number of hydrogen-bond acceptors (Lipinski definition) is 19. The van der Waals surface area contributed by atoms with Gasteiger partial charge in [-0.1, -0.05) is 81.4 Å². The summed E-state index contributed by atoms with van der Waals surface area (Å²) in [6.07, 6.45) is -9.95. The van der Waals surface area contributed by atoms with Gasteiger partial charge in [-0.05, 0) is 120 Å². The first-order chi connectivity index (χ1) is 45.0. The predicted octanol–water partition coefficient (Wildman–Crippen LogP) is 4.75. The molecular weight excluding hydrogens is 1250 g/mol. The number of carbonyl (C=O) groups is 11. The molecule has 14 atom stereocenters. The maximum Gasteiger partial charge on any atom is 0.408 e. The summed E-state index contributed by atoms with van der Waals surface area (Å²) in [6, 6.07) is 17.4. The van der Waals surface area contributed by atoms with Crippen LogP contribution in [-0.2, 0) is 66.8 Å². The Morgan fingerprint density at radius 2 is 1.45 bits per heavy atom. The lowest BCUT2D eigenvalue weighted by Crippen LogP contribution is -2.77. The highest BCUT2D eigenvalue weighted by molar-refractivity contribution is 5.97. The molecule has 520 valence electrons. The minimum absolute atomic E-state index is 0.00644. The number of amides is 6. The molecule has 3 fully saturated rings. The van der Waals surface area contributed by atoms with Crippen LogP contribution in [-0.4, -0.2) is 153 Å². The third kappa shape index (κ3) is 17.3. The number of halogens is 1. The fourth-order valence-electron chi connectivity index (χ4n) is 13.6. The fraction of sp³-hybridized carbons (Fsp3) is 0.529. The zero-order valence-corrected chi connectivity index (χ0v) is 55.5. The minimum atomic E-state index is -2.33. The van der Waals surface area contributed by atoms with E-state index in [1.165, 1.54) is 75.4 Å². The third-order valence-corrected chi connectivity index (χ3v) is 19.1. The number of esters is 3. The number of fused-ring (bicyclic) bond motifs is 5. The molecule has 3 aromatic carbocycles. The van der Waals surface area contributed by atoms with Crippen molar-refractivity contribution in [3.63, 3.8) is 0 Å². The van der Waals surface area contributed by atoms with Gasteiger partial charge in [0.05, 0.1) is 42.3 Å². The number of unbranched alkanes of at least 4 members (excludes halogenated alkanes) is 1. The topological polar surface area (TPSA) is 395 Å². The monoisotopic (exact) mass is 1340 g/mol. The summed E-state index contributed by atoms with van der Waals surface area (Å²) in [7, 11) is 0. The van der Waals surface area contributed by atoms with Crippen molar-refractivity contribution in [2.75, 3.05) is 13.2 Å². The molecule has 0 radical (unpaired) electrons. The van der Waals surface area contributed by atoms with Crippen molar-refractivity contribution >= 4 is 71.2 Å². The number of carbonyl (C=O) groups excluding carboxylic acids is 11. The fourth-order valence-corrected chi connectivity index (χ4v) is 13.6. The van der Waals surface area contributed by atoms with E-state index in [9.17, 15) is 62.9 Å². The second kappa shape index (κ2) is 31.0. The van der Waals surface area contributed by atoms with Gasteiger partial charge in [0, 0.05) is 67.4 Å². The number of Topliss-reactive ketones (excluding diaryl/α,β-unsaturated/α-hetero) is 2. The molecule has 25 nitrogen and oxygen atoms in total. The lowest BCUT2D eigenvalue weighted by atomic mass is 9.42. The van der Waals surface area contributed by atoms with Crippen LogP contribution >= 0.6 is 0 Å². The SMILES string of the molecule is CC1=C2[C@@H](O)C(=O)[C@@]3(C)[C@H]([C@H](OC(=O)c4ccccc4)[C@](O)(C[C@@H]1OC(=O)[C@H](OC(=O)CCC(=O)NCCCCC(NC(=O)CC[C@H](CC(=O)C(C)NC(=O)/C=C/c1ccc(F)cc1)C(N)=O)C(N)=O)[C@@H](NC(=O)OC(C)(C)C)c1ccccc1)C2(C)C)[C@]1(C)CO[C@@H]1C[C@@H]3O. The minimum Gasteiger partial charge on any atom is -0.455 e. The Kier molecular flexibility index (Phi) is 24.1. The Bertz CT molecular complexity index is 3470. The Morgan fingerprint density at radius 3 is 2.05 bits per heavy atom. The number of rotatable bonds is 28. The molecule has 0 spiro atoms. The molecule has 0 aromatic heterocycles. The van der Waals surface area contributed by atoms with Crippen LogP contribution < -0.4 is 32.7 Å². The molecular formula is C70H89FN6O19. The number of hydrogen-bond donors (Lipinski definition) is 9. The normalized spacial score (nSPS) is 25.8. The van der Waals surface area contributed by atoms with E-state index in [-0.39, 0.29) is 73.9 Å². The van der Waals surface area contributed by atoms with E-state index in [0.717, 1.165) is 6.08 Å². The number of ether oxygens (including phenoxy) is 5. The van der Waals surface area contributed by atoms with Crippen LogP contribution in [0.15, 0.2) is 102 Å². The first-order valence-electron chi connectivity index (χ1n) is 32.1. The number of nitrogens with two attached hydrogens (primary N) is 2. The average Bonchev–Trinajstić information content (AvgIpc) is 0.674. The number of nitrogens with one attached hydrogen (secondary N) is 4. The zero-order valence-electron chi connectivity index (χ0n) is 55.5. The maximum absolute atomic E-state index is 15.3. The molecule has 11 N–H and O–H groups in total. The molecule has 7 rings (SSSR count). The van der Waals surface area contributed by atoms with E-state index in [4.69, 9.17) is 35.2 Å². The highest BCUT2D eigenvalue weighted by atomic mass is 19.1. The standard InChI is InChI=1S/C70H89FN6O19/c1-38-47(36-70(91)60(95-63(88)42-20-14-11-15-21-42)58-68(8)37-92-49(68)35-48(79)69(58,9)59(85)56(84)54(38)67(70,6)7)93-64(89)57(55(41-18-12-10-13-19-41)77-65(90)96-66(3,4)5)94-53(83)32-31-50(80)74-33-17-16-22-45(62(73)87)76-52(82)30-26-43(61(72)86)34-46(78)39(2)75-51(81)29-25-40-23-27-44(71)28-24-40/h10-15,18-21,23-25,27-29,39,43,45,47-49,55-58,60,79,84,91H,16-17,22,26,30-37H2,1-9H3,(H2,72,86)(H2,73,87)(H,74,80)(H,75,81)(H,76,82)(H,77,90)/b29-25+/t39?,43-,45?,47+,48+,49-,55+,56-,57-,58-,60+,68-,69-,70-/m1/s1. The van der Waals surface area contributed by atoms with Crippen molar-refractivity contribution in [3.8, 4) is 0 Å². The maximum atomic E-state index is 15.3. The van der Waals surface area contributed by atoms with Crippen LogP contribution in [0, 0.1) is 33.9 Å². The van der Waals surface area contributed by atoms with Crippen LogP contribution in [0.1, 0.15) is 154 Å². The van der Waals surface area contributed by atoms with Crippen molar-refractivity contribution in [3.05, 3.63) is 125 Å². The van der Waals surface area contributed by atoms with E-state index in [1.807, 2.05) is 0 Å². The molecule has 4 aliphatic rings. The molecule has 1 heterocycles. The van der Waals surface area contributed by atoms with Crippen molar-refractivity contribution in [2.24, 2.45) is 39.5 Å². The highest BCUT2D eigenvalue weighted by Crippen LogP contribution is 2.66. The van der Waals surface area contributed by atoms with E-state index in [2.05, 4.69) is 21.3 Å². The van der Waals surface area contributed by atoms with Crippen molar-refractivity contribution in [1.82, 2.24) is 21.3 Å². The number of alkyl carbamates (subject to hydrolysis) is 1. The van der Waals surface area contributed by atoms with Gasteiger partial charge in [0.15, 0.2) is 11.6 Å². The van der Waals surface area contributed by atoms with Gasteiger partial charge in [0.2, 0.25) is 35.6 Å². The number of aliphatic hydroxyl groups is 3. The summed E-state index contributed by atoms with van der Waals surface area (Å²) < 4.78 is 43.5. The van der Waals surface area contributed by atoms with Gasteiger partial charge >= 0.3 is 24.0 Å². The van der Waals surface area contributed by atoms with Gasteiger partial charge in [-0.15, -0.1) is 0 Å². The molecule has 1 saturated heterocycles. The summed E-state index contributed by atoms with van der Waals surface area (Å²) in [4.78, 5) is 149. The molecule has 2 unspecified atom stereocenters. The zero-order chi connectivity index (χ0) is 70.8. The second-order valence-corrected chi connectivity index (χ2v) is 27.3. The lowest BCUT2D eigenvalue weighted by molar-refractivity contribution is -0.313. The average molecular weight is 1340 g/mol. The Morgan fingerprint density at radius 1 is 0.802 bits per heavy atom. The first kappa shape index (κ1) is 74.7. The van der Waals surface area contributed by atoms with Gasteiger partial charge in [0.1, 0.15) is 47.4 Å². The van der Waals surface area contributed by atoms with E-state index in [0.29, 0.717) is 5.56 Å². The molecule has 6 amide bonds. The van der Waals surface area contributed by atoms with E-state index < -0.39 is 191 Å². The van der Waals surface area contributed by atoms with Gasteiger partial charge < -0.3 is 71.7 Å². The Balaban J connectivity index is 1.02. The number of primary amides is 2. The number of aliphatic hydroxyl groups excluding tert-OH is 2. The van der Waals surface area contributed by atoms with E-state index in [1.54, 1.807) is 77.9 Å². The van der Waals surface area contributed by atoms with Gasteiger partial charge in [-0.3, -0.25) is 38.4 Å². The summed E-state index contributed by atoms with van der Waals surface area (Å²) in [6.45, 7) is 14.2.